The molecule has 2 aliphatic rings. The molecule has 0 aliphatic heterocycles. The summed E-state index contributed by atoms with van der Waals surface area (Å²) in [7, 11) is 0. The van der Waals surface area contributed by atoms with Crippen molar-refractivity contribution in [3.8, 4) is 0 Å². The van der Waals surface area contributed by atoms with Crippen molar-refractivity contribution in [3.63, 3.8) is 0 Å². The Kier molecular flexibility index (Phi) is 3.89. The molecule has 1 unspecified atom stereocenters. The molecule has 0 aromatic carbocycles. The molecule has 1 fully saturated rings. The second-order valence-electron chi connectivity index (χ2n) is 6.63. The number of rotatable bonds is 2. The van der Waals surface area contributed by atoms with E-state index in [0.29, 0.717) is 17.8 Å². The highest BCUT2D eigenvalue weighted by atomic mass is 16.6. The Bertz CT molecular complexity index is 419. The zero-order valence-electron chi connectivity index (χ0n) is 12.7. The first-order valence-corrected chi connectivity index (χ1v) is 7.41. The number of fused-ring (bicyclic) bond motifs is 1. The monoisotopic (exact) mass is 262 g/mol. The molecule has 2 nitrogen and oxygen atoms in total. The van der Waals surface area contributed by atoms with Crippen molar-refractivity contribution in [1.82, 2.24) is 0 Å². The van der Waals surface area contributed by atoms with E-state index in [0.717, 1.165) is 25.7 Å². The molecule has 3 atom stereocenters. The summed E-state index contributed by atoms with van der Waals surface area (Å²) in [4.78, 5) is 11.4. The van der Waals surface area contributed by atoms with Crippen LogP contribution in [0.4, 0.5) is 0 Å². The molecule has 1 saturated carbocycles. The van der Waals surface area contributed by atoms with Gasteiger partial charge in [-0.15, -0.1) is 0 Å². The molecule has 0 radical (unpaired) electrons. The lowest BCUT2D eigenvalue weighted by atomic mass is 9.83. The maximum Gasteiger partial charge on any atom is 0.303 e. The highest BCUT2D eigenvalue weighted by Crippen LogP contribution is 2.50. The van der Waals surface area contributed by atoms with Gasteiger partial charge in [0.25, 0.3) is 0 Å². The highest BCUT2D eigenvalue weighted by Gasteiger charge is 2.48. The topological polar surface area (TPSA) is 26.3 Å². The lowest BCUT2D eigenvalue weighted by Crippen LogP contribution is -2.36. The third kappa shape index (κ3) is 2.77. The van der Waals surface area contributed by atoms with Crippen LogP contribution in [0.25, 0.3) is 0 Å². The molecule has 0 amide bonds. The van der Waals surface area contributed by atoms with Gasteiger partial charge >= 0.3 is 5.97 Å². The maximum atomic E-state index is 11.4. The van der Waals surface area contributed by atoms with Gasteiger partial charge in [-0.1, -0.05) is 37.6 Å². The first-order valence-electron chi connectivity index (χ1n) is 7.41. The van der Waals surface area contributed by atoms with E-state index in [9.17, 15) is 4.79 Å². The Balaban J connectivity index is 2.34. The van der Waals surface area contributed by atoms with Crippen molar-refractivity contribution in [2.75, 3.05) is 0 Å². The SMILES string of the molecule is C=C1CCC(C(C)C)=C[C@@H]2C1CC[C@@]2(C)OC(C)=O. The highest BCUT2D eigenvalue weighted by molar-refractivity contribution is 5.66. The van der Waals surface area contributed by atoms with E-state index in [1.807, 2.05) is 0 Å². The number of allylic oxidation sites excluding steroid dienone is 2. The molecule has 19 heavy (non-hydrogen) atoms. The van der Waals surface area contributed by atoms with Crippen molar-refractivity contribution in [2.45, 2.75) is 59.0 Å². The summed E-state index contributed by atoms with van der Waals surface area (Å²) in [6.07, 6.45) is 6.63. The largest absolute Gasteiger partial charge is 0.459 e. The fourth-order valence-electron chi connectivity index (χ4n) is 3.70. The molecule has 0 bridgehead atoms. The minimum atomic E-state index is -0.343. The van der Waals surface area contributed by atoms with E-state index in [2.05, 4.69) is 33.4 Å². The molecule has 106 valence electrons. The standard InChI is InChI=1S/C17H26O2/c1-11(2)14-7-6-12(3)15-8-9-17(5,16(15)10-14)19-13(4)18/h10-11,15-16H,3,6-9H2,1-2,4-5H3/t15?,16-,17-/m1/s1. The van der Waals surface area contributed by atoms with E-state index >= 15 is 0 Å². The van der Waals surface area contributed by atoms with Crippen LogP contribution >= 0.6 is 0 Å². The van der Waals surface area contributed by atoms with Gasteiger partial charge < -0.3 is 4.74 Å². The third-order valence-electron chi connectivity index (χ3n) is 4.86. The molecule has 2 aliphatic carbocycles. The van der Waals surface area contributed by atoms with E-state index < -0.39 is 0 Å². The fourth-order valence-corrected chi connectivity index (χ4v) is 3.70. The minimum Gasteiger partial charge on any atom is -0.459 e. The Morgan fingerprint density at radius 1 is 1.47 bits per heavy atom. The van der Waals surface area contributed by atoms with Gasteiger partial charge in [-0.3, -0.25) is 4.79 Å². The number of ether oxygens (including phenoxy) is 1. The fraction of sp³-hybridized carbons (Fsp3) is 0.706. The molecule has 0 aromatic heterocycles. The summed E-state index contributed by atoms with van der Waals surface area (Å²) in [5, 5.41) is 0. The first-order chi connectivity index (χ1) is 8.83. The smallest absolute Gasteiger partial charge is 0.303 e. The van der Waals surface area contributed by atoms with Crippen molar-refractivity contribution < 1.29 is 9.53 Å². The summed E-state index contributed by atoms with van der Waals surface area (Å²) in [5.41, 5.74) is 2.49. The molecule has 0 heterocycles. The zero-order chi connectivity index (χ0) is 14.2. The molecule has 0 N–H and O–H groups in total. The summed E-state index contributed by atoms with van der Waals surface area (Å²) in [6.45, 7) is 12.4. The van der Waals surface area contributed by atoms with Crippen LogP contribution in [0.2, 0.25) is 0 Å². The lowest BCUT2D eigenvalue weighted by Gasteiger charge is -2.32. The summed E-state index contributed by atoms with van der Waals surface area (Å²) in [6, 6.07) is 0. The molecule has 2 heteroatoms. The first kappa shape index (κ1) is 14.4. The van der Waals surface area contributed by atoms with Gasteiger partial charge in [0, 0.05) is 12.8 Å². The van der Waals surface area contributed by atoms with Gasteiger partial charge in [-0.05, 0) is 44.4 Å². The Labute approximate surface area is 116 Å². The van der Waals surface area contributed by atoms with Crippen molar-refractivity contribution in [3.05, 3.63) is 23.8 Å². The second-order valence-corrected chi connectivity index (χ2v) is 6.63. The van der Waals surface area contributed by atoms with Crippen LogP contribution in [0.5, 0.6) is 0 Å². The maximum absolute atomic E-state index is 11.4. The average Bonchev–Trinajstić information content (AvgIpc) is 2.49. The number of carbonyl (C=O) groups is 1. The summed E-state index contributed by atoms with van der Waals surface area (Å²) >= 11 is 0. The molecule has 2 rings (SSSR count). The van der Waals surface area contributed by atoms with Gasteiger partial charge in [0.1, 0.15) is 5.60 Å². The van der Waals surface area contributed by atoms with Crippen LogP contribution in [0, 0.1) is 17.8 Å². The quantitative estimate of drug-likeness (QED) is 0.549. The Hall–Kier alpha value is -1.05. The lowest BCUT2D eigenvalue weighted by molar-refractivity contribution is -0.157. The number of carbonyl (C=O) groups excluding carboxylic acids is 1. The summed E-state index contributed by atoms with van der Waals surface area (Å²) < 4.78 is 5.68. The number of hydrogen-bond acceptors (Lipinski definition) is 2. The van der Waals surface area contributed by atoms with Gasteiger partial charge in [0.05, 0.1) is 0 Å². The van der Waals surface area contributed by atoms with Crippen LogP contribution < -0.4 is 0 Å². The second kappa shape index (κ2) is 5.15. The van der Waals surface area contributed by atoms with Crippen molar-refractivity contribution in [2.24, 2.45) is 17.8 Å². The number of esters is 1. The summed E-state index contributed by atoms with van der Waals surface area (Å²) in [5.74, 6) is 1.19. The zero-order valence-corrected chi connectivity index (χ0v) is 12.7. The average molecular weight is 262 g/mol. The molecular formula is C17H26O2. The minimum absolute atomic E-state index is 0.169. The van der Waals surface area contributed by atoms with Crippen molar-refractivity contribution >= 4 is 5.97 Å². The Morgan fingerprint density at radius 3 is 2.74 bits per heavy atom. The van der Waals surface area contributed by atoms with Gasteiger partial charge in [-0.2, -0.15) is 0 Å². The molecule has 0 aromatic rings. The van der Waals surface area contributed by atoms with Crippen LogP contribution in [0.1, 0.15) is 53.4 Å². The van der Waals surface area contributed by atoms with E-state index in [4.69, 9.17) is 4.74 Å². The van der Waals surface area contributed by atoms with Crippen LogP contribution in [0.15, 0.2) is 23.8 Å². The predicted molar refractivity (Wildman–Crippen MR) is 77.7 cm³/mol. The van der Waals surface area contributed by atoms with E-state index in [1.54, 1.807) is 0 Å². The van der Waals surface area contributed by atoms with Gasteiger partial charge in [-0.25, -0.2) is 0 Å². The molecule has 0 spiro atoms. The van der Waals surface area contributed by atoms with Gasteiger partial charge in [0.2, 0.25) is 0 Å². The van der Waals surface area contributed by atoms with E-state index in [1.165, 1.54) is 18.1 Å². The normalized spacial score (nSPS) is 34.8. The van der Waals surface area contributed by atoms with Crippen LogP contribution in [0.3, 0.4) is 0 Å². The Morgan fingerprint density at radius 2 is 2.16 bits per heavy atom. The number of hydrogen-bond donors (Lipinski definition) is 0. The molecule has 0 saturated heterocycles. The van der Waals surface area contributed by atoms with Crippen LogP contribution in [-0.2, 0) is 9.53 Å². The predicted octanol–water partition coefficient (Wildman–Crippen LogP) is 4.27. The van der Waals surface area contributed by atoms with Crippen LogP contribution in [-0.4, -0.2) is 11.6 Å². The molecular weight excluding hydrogens is 236 g/mol. The van der Waals surface area contributed by atoms with E-state index in [-0.39, 0.29) is 11.6 Å². The van der Waals surface area contributed by atoms with Crippen molar-refractivity contribution in [1.29, 1.82) is 0 Å². The van der Waals surface area contributed by atoms with Gasteiger partial charge in [0.15, 0.2) is 0 Å². The third-order valence-corrected chi connectivity index (χ3v) is 4.86.